The standard InChI is InChI=1S/C15H8FNS/c16-13-6-5-12-4-3-11-2-1-10(9-17)7-14(11)18-15(12)8-13/h1-8H. The van der Waals surface area contributed by atoms with Gasteiger partial charge < -0.3 is 0 Å². The Morgan fingerprint density at radius 1 is 0.944 bits per heavy atom. The van der Waals surface area contributed by atoms with Crippen LogP contribution in [0.4, 0.5) is 4.39 Å². The van der Waals surface area contributed by atoms with Gasteiger partial charge in [-0.05, 0) is 35.4 Å². The molecule has 0 saturated carbocycles. The average Bonchev–Trinajstić information content (AvgIpc) is 2.56. The molecule has 3 heteroatoms. The maximum Gasteiger partial charge on any atom is 0.124 e. The van der Waals surface area contributed by atoms with Crippen molar-refractivity contribution < 1.29 is 4.39 Å². The van der Waals surface area contributed by atoms with Gasteiger partial charge in [0.25, 0.3) is 0 Å². The van der Waals surface area contributed by atoms with E-state index in [4.69, 9.17) is 5.26 Å². The van der Waals surface area contributed by atoms with Gasteiger partial charge in [-0.2, -0.15) is 5.26 Å². The number of benzene rings is 2. The monoisotopic (exact) mass is 253 g/mol. The molecule has 0 N–H and O–H groups in total. The quantitative estimate of drug-likeness (QED) is 0.595. The molecule has 0 bridgehead atoms. The number of fused-ring (bicyclic) bond motifs is 2. The molecule has 18 heavy (non-hydrogen) atoms. The Morgan fingerprint density at radius 2 is 1.61 bits per heavy atom. The van der Waals surface area contributed by atoms with Crippen molar-refractivity contribution in [3.63, 3.8) is 0 Å². The highest BCUT2D eigenvalue weighted by Crippen LogP contribution is 2.37. The Labute approximate surface area is 109 Å². The largest absolute Gasteiger partial charge is 0.207 e. The van der Waals surface area contributed by atoms with Crippen LogP contribution in [0.2, 0.25) is 0 Å². The zero-order valence-corrected chi connectivity index (χ0v) is 10.2. The lowest BCUT2D eigenvalue weighted by Gasteiger charge is -2.05. The number of rotatable bonds is 0. The minimum atomic E-state index is -0.241. The van der Waals surface area contributed by atoms with E-state index >= 15 is 0 Å². The second-order valence-corrected chi connectivity index (χ2v) is 5.07. The van der Waals surface area contributed by atoms with Crippen LogP contribution in [0.5, 0.6) is 0 Å². The van der Waals surface area contributed by atoms with Crippen molar-refractivity contribution in [1.82, 2.24) is 0 Å². The number of nitrogens with zero attached hydrogens (tertiary/aromatic N) is 1. The Kier molecular flexibility index (Phi) is 2.66. The van der Waals surface area contributed by atoms with Crippen LogP contribution in [-0.2, 0) is 0 Å². The van der Waals surface area contributed by atoms with Crippen LogP contribution >= 0.6 is 11.8 Å². The van der Waals surface area contributed by atoms with Gasteiger partial charge in [0, 0.05) is 9.79 Å². The molecule has 0 spiro atoms. The van der Waals surface area contributed by atoms with Gasteiger partial charge >= 0.3 is 0 Å². The molecule has 1 aliphatic heterocycles. The summed E-state index contributed by atoms with van der Waals surface area (Å²) in [5, 5.41) is 8.91. The second-order valence-electron chi connectivity index (χ2n) is 3.98. The Balaban J connectivity index is 2.16. The van der Waals surface area contributed by atoms with Crippen LogP contribution in [0, 0.1) is 17.1 Å². The van der Waals surface area contributed by atoms with Crippen LogP contribution in [0.25, 0.3) is 12.2 Å². The van der Waals surface area contributed by atoms with E-state index in [2.05, 4.69) is 6.07 Å². The summed E-state index contributed by atoms with van der Waals surface area (Å²) in [6, 6.07) is 12.4. The lowest BCUT2D eigenvalue weighted by atomic mass is 10.1. The summed E-state index contributed by atoms with van der Waals surface area (Å²) in [6.45, 7) is 0. The zero-order valence-electron chi connectivity index (χ0n) is 9.35. The summed E-state index contributed by atoms with van der Waals surface area (Å²) in [5.74, 6) is -0.241. The molecule has 0 fully saturated rings. The predicted octanol–water partition coefficient (Wildman–Crippen LogP) is 4.33. The summed E-state index contributed by atoms with van der Waals surface area (Å²) in [5.41, 5.74) is 2.67. The van der Waals surface area contributed by atoms with E-state index in [9.17, 15) is 4.39 Å². The fraction of sp³-hybridized carbons (Fsp3) is 0. The minimum Gasteiger partial charge on any atom is -0.207 e. The summed E-state index contributed by atoms with van der Waals surface area (Å²) in [7, 11) is 0. The molecule has 3 rings (SSSR count). The van der Waals surface area contributed by atoms with Gasteiger partial charge in [-0.25, -0.2) is 4.39 Å². The Bertz CT molecular complexity index is 698. The van der Waals surface area contributed by atoms with Crippen molar-refractivity contribution in [1.29, 1.82) is 5.26 Å². The van der Waals surface area contributed by atoms with E-state index in [1.165, 1.54) is 23.9 Å². The minimum absolute atomic E-state index is 0.241. The van der Waals surface area contributed by atoms with E-state index in [0.717, 1.165) is 20.9 Å². The average molecular weight is 253 g/mol. The summed E-state index contributed by atoms with van der Waals surface area (Å²) >= 11 is 1.49. The molecule has 2 aromatic carbocycles. The van der Waals surface area contributed by atoms with Crippen molar-refractivity contribution >= 4 is 23.9 Å². The summed E-state index contributed by atoms with van der Waals surface area (Å²) < 4.78 is 13.3. The lowest BCUT2D eigenvalue weighted by Crippen LogP contribution is -1.83. The van der Waals surface area contributed by atoms with Crippen LogP contribution < -0.4 is 0 Å². The molecule has 1 heterocycles. The number of hydrogen-bond acceptors (Lipinski definition) is 2. The first kappa shape index (κ1) is 11.1. The molecule has 0 aliphatic carbocycles. The third-order valence-electron chi connectivity index (χ3n) is 2.78. The number of halogens is 1. The maximum atomic E-state index is 13.3. The van der Waals surface area contributed by atoms with Crippen LogP contribution in [-0.4, -0.2) is 0 Å². The van der Waals surface area contributed by atoms with Gasteiger partial charge in [-0.3, -0.25) is 0 Å². The van der Waals surface area contributed by atoms with Crippen molar-refractivity contribution in [3.05, 3.63) is 58.9 Å². The van der Waals surface area contributed by atoms with Crippen molar-refractivity contribution in [2.45, 2.75) is 9.79 Å². The van der Waals surface area contributed by atoms with Gasteiger partial charge in [-0.15, -0.1) is 0 Å². The molecule has 0 saturated heterocycles. The molecular weight excluding hydrogens is 245 g/mol. The molecule has 1 nitrogen and oxygen atoms in total. The predicted molar refractivity (Wildman–Crippen MR) is 70.6 cm³/mol. The molecule has 0 aromatic heterocycles. The Morgan fingerprint density at radius 3 is 2.33 bits per heavy atom. The molecule has 86 valence electrons. The number of nitriles is 1. The summed E-state index contributed by atoms with van der Waals surface area (Å²) in [4.78, 5) is 1.86. The smallest absolute Gasteiger partial charge is 0.124 e. The third-order valence-corrected chi connectivity index (χ3v) is 3.93. The van der Waals surface area contributed by atoms with E-state index in [1.54, 1.807) is 12.1 Å². The van der Waals surface area contributed by atoms with E-state index in [0.29, 0.717) is 5.56 Å². The molecule has 0 atom stereocenters. The molecular formula is C15H8FNS. The zero-order chi connectivity index (χ0) is 12.5. The maximum absolute atomic E-state index is 13.3. The highest BCUT2D eigenvalue weighted by Gasteiger charge is 2.11. The van der Waals surface area contributed by atoms with Crippen LogP contribution in [0.15, 0.2) is 46.2 Å². The normalized spacial score (nSPS) is 12.2. The van der Waals surface area contributed by atoms with E-state index < -0.39 is 0 Å². The van der Waals surface area contributed by atoms with Crippen molar-refractivity contribution in [2.24, 2.45) is 0 Å². The van der Waals surface area contributed by atoms with Crippen molar-refractivity contribution in [3.8, 4) is 6.07 Å². The topological polar surface area (TPSA) is 23.8 Å². The lowest BCUT2D eigenvalue weighted by molar-refractivity contribution is 0.624. The number of hydrogen-bond donors (Lipinski definition) is 0. The first-order chi connectivity index (χ1) is 8.76. The molecule has 1 aliphatic rings. The molecule has 0 radical (unpaired) electrons. The second kappa shape index (κ2) is 4.32. The first-order valence-corrected chi connectivity index (χ1v) is 6.27. The van der Waals surface area contributed by atoms with Gasteiger partial charge in [0.1, 0.15) is 5.82 Å². The summed E-state index contributed by atoms with van der Waals surface area (Å²) in [6.07, 6.45) is 3.97. The van der Waals surface area contributed by atoms with Gasteiger partial charge in [0.2, 0.25) is 0 Å². The first-order valence-electron chi connectivity index (χ1n) is 5.46. The van der Waals surface area contributed by atoms with Crippen molar-refractivity contribution in [2.75, 3.05) is 0 Å². The molecule has 0 amide bonds. The third kappa shape index (κ3) is 1.92. The molecule has 2 aromatic rings. The van der Waals surface area contributed by atoms with E-state index in [-0.39, 0.29) is 5.82 Å². The fourth-order valence-corrected chi connectivity index (χ4v) is 2.96. The van der Waals surface area contributed by atoms with Gasteiger partial charge in [0.15, 0.2) is 0 Å². The van der Waals surface area contributed by atoms with E-state index in [1.807, 2.05) is 24.3 Å². The molecule has 0 unspecified atom stereocenters. The van der Waals surface area contributed by atoms with Gasteiger partial charge in [0.05, 0.1) is 11.6 Å². The van der Waals surface area contributed by atoms with Crippen LogP contribution in [0.1, 0.15) is 16.7 Å². The van der Waals surface area contributed by atoms with Gasteiger partial charge in [-0.1, -0.05) is 36.0 Å². The Hall–Kier alpha value is -2.05. The SMILES string of the molecule is N#Cc1ccc2c(c1)Sc1cc(F)ccc1C=C2. The highest BCUT2D eigenvalue weighted by molar-refractivity contribution is 7.99. The van der Waals surface area contributed by atoms with Crippen LogP contribution in [0.3, 0.4) is 0 Å². The highest BCUT2D eigenvalue weighted by atomic mass is 32.2. The fourth-order valence-electron chi connectivity index (χ4n) is 1.86.